The number of rotatable bonds is 2. The summed E-state index contributed by atoms with van der Waals surface area (Å²) in [6.07, 6.45) is 2.20. The topological polar surface area (TPSA) is 3.88 Å². The summed E-state index contributed by atoms with van der Waals surface area (Å²) in [5.41, 5.74) is 5.93. The first-order chi connectivity index (χ1) is 16.8. The van der Waals surface area contributed by atoms with Gasteiger partial charge in [0.2, 0.25) is 5.69 Å². The van der Waals surface area contributed by atoms with E-state index in [0.717, 1.165) is 16.8 Å². The van der Waals surface area contributed by atoms with Gasteiger partial charge in [-0.1, -0.05) is 60.2 Å². The van der Waals surface area contributed by atoms with Crippen molar-refractivity contribution in [1.82, 2.24) is 0 Å². The summed E-state index contributed by atoms with van der Waals surface area (Å²) in [6.45, 7) is -0.111. The van der Waals surface area contributed by atoms with Gasteiger partial charge >= 0.3 is 0 Å². The molecule has 6 aromatic rings. The van der Waals surface area contributed by atoms with Crippen LogP contribution in [0.25, 0.3) is 53.3 Å². The molecule has 2 heteroatoms. The molecular formula is C30H24NS+. The van der Waals surface area contributed by atoms with Gasteiger partial charge in [-0.3, -0.25) is 0 Å². The summed E-state index contributed by atoms with van der Waals surface area (Å²) in [5.74, 6) is 0. The first-order valence-electron chi connectivity index (χ1n) is 12.2. The highest BCUT2D eigenvalue weighted by molar-refractivity contribution is 7.25. The van der Waals surface area contributed by atoms with Crippen LogP contribution in [0.15, 0.2) is 91.1 Å². The number of benzene rings is 4. The second-order valence-corrected chi connectivity index (χ2v) is 9.54. The first kappa shape index (κ1) is 16.2. The minimum absolute atomic E-state index is 0.380. The highest BCUT2D eigenvalue weighted by Gasteiger charge is 2.17. The number of hydrogen-bond donors (Lipinski definition) is 0. The maximum atomic E-state index is 7.71. The van der Waals surface area contributed by atoms with Crippen LogP contribution in [0, 0.1) is 13.8 Å². The van der Waals surface area contributed by atoms with Crippen molar-refractivity contribution in [1.29, 1.82) is 0 Å². The van der Waals surface area contributed by atoms with Gasteiger partial charge in [0, 0.05) is 30.5 Å². The smallest absolute Gasteiger partial charge is 0.200 e. The van der Waals surface area contributed by atoms with Gasteiger partial charge in [0.15, 0.2) is 6.20 Å². The van der Waals surface area contributed by atoms with Crippen LogP contribution < -0.4 is 4.57 Å². The molecule has 0 bridgehead atoms. The number of thiophene rings is 1. The third-order valence-corrected chi connectivity index (χ3v) is 7.41. The predicted molar refractivity (Wildman–Crippen MR) is 138 cm³/mol. The van der Waals surface area contributed by atoms with Crippen molar-refractivity contribution in [2.24, 2.45) is 7.05 Å². The number of fused-ring (bicyclic) bond motifs is 4. The molecule has 0 unspecified atom stereocenters. The standard InChI is InChI=1S/C30H24NS/c1-19-9-12-25(20(2)13-19)28-17-30-27(18-31(28)3)26-15-23-11-10-22(21-7-5-4-6-8-21)14-24(23)16-29(26)32-30/h4-18H,1-3H3/q+1/i1D3. The molecule has 0 aliphatic carbocycles. The number of aryl methyl sites for hydroxylation is 3. The van der Waals surface area contributed by atoms with Gasteiger partial charge in [-0.15, -0.1) is 11.3 Å². The van der Waals surface area contributed by atoms with Crippen LogP contribution >= 0.6 is 11.3 Å². The van der Waals surface area contributed by atoms with E-state index in [-0.39, 0.29) is 0 Å². The van der Waals surface area contributed by atoms with Crippen LogP contribution in [-0.2, 0) is 7.05 Å². The van der Waals surface area contributed by atoms with Crippen molar-refractivity contribution in [3.63, 3.8) is 0 Å². The minimum Gasteiger partial charge on any atom is -0.200 e. The fraction of sp³-hybridized carbons (Fsp3) is 0.100. The monoisotopic (exact) mass is 433 g/mol. The van der Waals surface area contributed by atoms with Gasteiger partial charge in [0.1, 0.15) is 7.05 Å². The molecule has 6 rings (SSSR count). The van der Waals surface area contributed by atoms with Crippen LogP contribution in [-0.4, -0.2) is 0 Å². The molecule has 154 valence electrons. The average Bonchev–Trinajstić information content (AvgIpc) is 3.18. The van der Waals surface area contributed by atoms with Crippen molar-refractivity contribution >= 4 is 42.3 Å². The van der Waals surface area contributed by atoms with E-state index in [1.807, 2.05) is 19.1 Å². The predicted octanol–water partition coefficient (Wildman–Crippen LogP) is 7.98. The molecule has 0 amide bonds. The van der Waals surface area contributed by atoms with E-state index in [9.17, 15) is 0 Å². The van der Waals surface area contributed by atoms with Crippen LogP contribution in [0.1, 0.15) is 15.2 Å². The largest absolute Gasteiger partial charge is 0.213 e. The number of aromatic nitrogens is 1. The molecule has 0 fully saturated rings. The molecular weight excluding hydrogens is 406 g/mol. The quantitative estimate of drug-likeness (QED) is 0.244. The number of pyridine rings is 1. The fourth-order valence-electron chi connectivity index (χ4n) is 4.64. The normalized spacial score (nSPS) is 13.4. The Labute approximate surface area is 196 Å². The minimum atomic E-state index is -2.09. The molecule has 0 saturated carbocycles. The second kappa shape index (κ2) is 7.29. The maximum Gasteiger partial charge on any atom is 0.213 e. The van der Waals surface area contributed by atoms with Gasteiger partial charge in [-0.2, -0.15) is 0 Å². The molecule has 0 spiro atoms. The molecule has 32 heavy (non-hydrogen) atoms. The van der Waals surface area contributed by atoms with Gasteiger partial charge < -0.3 is 0 Å². The van der Waals surface area contributed by atoms with Crippen molar-refractivity contribution < 1.29 is 8.68 Å². The molecule has 0 saturated heterocycles. The Hall–Kier alpha value is -3.49. The third kappa shape index (κ3) is 3.11. The Bertz CT molecular complexity index is 1750. The number of nitrogens with zero attached hydrogens (tertiary/aromatic N) is 1. The first-order valence-corrected chi connectivity index (χ1v) is 11.6. The highest BCUT2D eigenvalue weighted by Crippen LogP contribution is 2.38. The van der Waals surface area contributed by atoms with Crippen LogP contribution in [0.2, 0.25) is 0 Å². The lowest BCUT2D eigenvalue weighted by Crippen LogP contribution is -2.30. The maximum absolute atomic E-state index is 7.71. The van der Waals surface area contributed by atoms with Crippen LogP contribution in [0.5, 0.6) is 0 Å². The van der Waals surface area contributed by atoms with Crippen molar-refractivity contribution in [3.8, 4) is 22.4 Å². The highest BCUT2D eigenvalue weighted by atomic mass is 32.1. The molecule has 1 nitrogen and oxygen atoms in total. The van der Waals surface area contributed by atoms with E-state index in [1.165, 1.54) is 42.1 Å². The Morgan fingerprint density at radius 2 is 1.59 bits per heavy atom. The van der Waals surface area contributed by atoms with E-state index in [0.29, 0.717) is 5.56 Å². The van der Waals surface area contributed by atoms with Crippen molar-refractivity contribution in [2.45, 2.75) is 13.8 Å². The zero-order valence-electron chi connectivity index (χ0n) is 21.0. The van der Waals surface area contributed by atoms with E-state index in [4.69, 9.17) is 4.11 Å². The Morgan fingerprint density at radius 3 is 2.41 bits per heavy atom. The molecule has 2 aromatic heterocycles. The van der Waals surface area contributed by atoms with Crippen molar-refractivity contribution in [2.75, 3.05) is 0 Å². The lowest BCUT2D eigenvalue weighted by molar-refractivity contribution is -0.659. The lowest BCUT2D eigenvalue weighted by atomic mass is 9.99. The summed E-state index contributed by atoms with van der Waals surface area (Å²) < 4.78 is 27.8. The molecule has 2 heterocycles. The zero-order chi connectivity index (χ0) is 24.3. The van der Waals surface area contributed by atoms with Gasteiger partial charge in [0.05, 0.1) is 5.39 Å². The summed E-state index contributed by atoms with van der Waals surface area (Å²) in [5, 5.41) is 4.98. The molecule has 0 N–H and O–H groups in total. The third-order valence-electron chi connectivity index (χ3n) is 6.29. The van der Waals surface area contributed by atoms with Gasteiger partial charge in [0.25, 0.3) is 0 Å². The van der Waals surface area contributed by atoms with E-state index < -0.39 is 6.85 Å². The summed E-state index contributed by atoms with van der Waals surface area (Å²) in [4.78, 5) is 0. The summed E-state index contributed by atoms with van der Waals surface area (Å²) in [6, 6.07) is 29.5. The molecule has 0 radical (unpaired) electrons. The SMILES string of the molecule is [2H]C([2H])([2H])c1ccc(-c2cc3sc4cc5cc(-c6ccccc6)ccc5cc4c3c[n+]2C)c(C)c1. The Kier molecular flexibility index (Phi) is 3.69. The van der Waals surface area contributed by atoms with E-state index in [1.54, 1.807) is 23.5 Å². The van der Waals surface area contributed by atoms with Crippen molar-refractivity contribution in [3.05, 3.63) is 102 Å². The average molecular weight is 434 g/mol. The second-order valence-electron chi connectivity index (χ2n) is 8.46. The summed E-state index contributed by atoms with van der Waals surface area (Å²) in [7, 11) is 2.06. The zero-order valence-corrected chi connectivity index (χ0v) is 18.8. The van der Waals surface area contributed by atoms with Crippen LogP contribution in [0.4, 0.5) is 0 Å². The van der Waals surface area contributed by atoms with Gasteiger partial charge in [-0.05, 0) is 65.5 Å². The molecule has 4 aromatic carbocycles. The fourth-order valence-corrected chi connectivity index (χ4v) is 5.78. The van der Waals surface area contributed by atoms with Gasteiger partial charge in [-0.25, -0.2) is 4.57 Å². The van der Waals surface area contributed by atoms with E-state index in [2.05, 4.69) is 78.5 Å². The molecule has 0 atom stereocenters. The molecule has 0 aliphatic heterocycles. The lowest BCUT2D eigenvalue weighted by Gasteiger charge is -2.06. The van der Waals surface area contributed by atoms with Crippen LogP contribution in [0.3, 0.4) is 0 Å². The number of hydrogen-bond acceptors (Lipinski definition) is 1. The summed E-state index contributed by atoms with van der Waals surface area (Å²) >= 11 is 1.81. The Balaban J connectivity index is 1.50. The van der Waals surface area contributed by atoms with E-state index >= 15 is 0 Å². The Morgan fingerprint density at radius 1 is 0.750 bits per heavy atom. The molecule has 0 aliphatic rings.